The average molecular weight is 460 g/mol. The van der Waals surface area contributed by atoms with Gasteiger partial charge in [0.05, 0.1) is 18.0 Å². The van der Waals surface area contributed by atoms with Gasteiger partial charge in [-0.05, 0) is 53.6 Å². The molecule has 0 spiro atoms. The fraction of sp³-hybridized carbons (Fsp3) is 0.167. The van der Waals surface area contributed by atoms with Crippen molar-refractivity contribution in [1.82, 2.24) is 0 Å². The third-order valence-electron chi connectivity index (χ3n) is 7.05. The molecule has 1 aliphatic carbocycles. The maximum atomic E-state index is 6.29. The van der Waals surface area contributed by atoms with E-state index < -0.39 is 0 Å². The van der Waals surface area contributed by atoms with E-state index in [1.807, 2.05) is 36.4 Å². The number of hydrogen-bond acceptors (Lipinski definition) is 5. The number of para-hydroxylation sites is 2. The number of nitrogens with zero attached hydrogens (tertiary/aromatic N) is 3. The standard InChI is InChI=1S/C30H25N3O2/c1-32-19-33(27-15-5-4-14-26(27)32)22-10-7-12-24(18-22)34-23-11-6-9-21(16-23)30-31-29-25-13-3-2-8-20(25)17-28(29)35-30/h2-16,18,28-29H,17,19H2,1H3/t28-,29+/m1/s1. The van der Waals surface area contributed by atoms with Crippen LogP contribution in [0.15, 0.2) is 102 Å². The molecular weight excluding hydrogens is 434 g/mol. The molecule has 2 atom stereocenters. The number of fused-ring (bicyclic) bond motifs is 4. The summed E-state index contributed by atoms with van der Waals surface area (Å²) in [5, 5.41) is 0. The molecule has 0 unspecified atom stereocenters. The molecule has 0 saturated carbocycles. The van der Waals surface area contributed by atoms with E-state index in [1.165, 1.54) is 22.5 Å². The zero-order valence-electron chi connectivity index (χ0n) is 19.5. The Balaban J connectivity index is 1.13. The van der Waals surface area contributed by atoms with Gasteiger partial charge in [-0.1, -0.05) is 48.5 Å². The number of aliphatic imine (C=N–C) groups is 1. The van der Waals surface area contributed by atoms with Gasteiger partial charge in [0.1, 0.15) is 23.6 Å². The monoisotopic (exact) mass is 459 g/mol. The Hall–Kier alpha value is -4.25. The third kappa shape index (κ3) is 3.43. The molecule has 7 rings (SSSR count). The van der Waals surface area contributed by atoms with Crippen LogP contribution in [0.5, 0.6) is 11.5 Å². The molecule has 0 radical (unpaired) electrons. The van der Waals surface area contributed by atoms with E-state index in [1.54, 1.807) is 0 Å². The average Bonchev–Trinajstić information content (AvgIpc) is 3.56. The highest BCUT2D eigenvalue weighted by Gasteiger charge is 2.39. The quantitative estimate of drug-likeness (QED) is 0.351. The van der Waals surface area contributed by atoms with Crippen LogP contribution in [-0.2, 0) is 11.2 Å². The second kappa shape index (κ2) is 7.91. The van der Waals surface area contributed by atoms with Crippen LogP contribution in [0.25, 0.3) is 0 Å². The van der Waals surface area contributed by atoms with Gasteiger partial charge in [-0.25, -0.2) is 4.99 Å². The van der Waals surface area contributed by atoms with Crippen LogP contribution in [-0.4, -0.2) is 25.7 Å². The molecule has 0 fully saturated rings. The van der Waals surface area contributed by atoms with Gasteiger partial charge in [-0.15, -0.1) is 0 Å². The molecule has 5 heteroatoms. The van der Waals surface area contributed by atoms with Crippen LogP contribution in [0.2, 0.25) is 0 Å². The fourth-order valence-corrected chi connectivity index (χ4v) is 5.38. The second-order valence-corrected chi connectivity index (χ2v) is 9.32. The summed E-state index contributed by atoms with van der Waals surface area (Å²) in [6.45, 7) is 0.806. The van der Waals surface area contributed by atoms with E-state index in [9.17, 15) is 0 Å². The lowest BCUT2D eigenvalue weighted by Gasteiger charge is -2.20. The highest BCUT2D eigenvalue weighted by Crippen LogP contribution is 2.42. The molecule has 4 aromatic carbocycles. The predicted molar refractivity (Wildman–Crippen MR) is 139 cm³/mol. The van der Waals surface area contributed by atoms with Gasteiger partial charge in [0.25, 0.3) is 0 Å². The molecule has 4 aromatic rings. The van der Waals surface area contributed by atoms with E-state index in [0.29, 0.717) is 5.90 Å². The van der Waals surface area contributed by atoms with Crippen LogP contribution in [0, 0.1) is 0 Å². The fourth-order valence-electron chi connectivity index (χ4n) is 5.38. The van der Waals surface area contributed by atoms with Gasteiger partial charge >= 0.3 is 0 Å². The highest BCUT2D eigenvalue weighted by molar-refractivity contribution is 5.96. The molecular formula is C30H25N3O2. The lowest BCUT2D eigenvalue weighted by Crippen LogP contribution is -2.23. The van der Waals surface area contributed by atoms with Crippen LogP contribution in [0.1, 0.15) is 22.7 Å². The van der Waals surface area contributed by atoms with Crippen molar-refractivity contribution in [3.05, 3.63) is 114 Å². The molecule has 0 aromatic heterocycles. The summed E-state index contributed by atoms with van der Waals surface area (Å²) in [6.07, 6.45) is 0.996. The van der Waals surface area contributed by atoms with Crippen molar-refractivity contribution < 1.29 is 9.47 Å². The summed E-state index contributed by atoms with van der Waals surface area (Å²) in [4.78, 5) is 9.49. The van der Waals surface area contributed by atoms with E-state index in [-0.39, 0.29) is 12.1 Å². The van der Waals surface area contributed by atoms with Crippen molar-refractivity contribution in [2.24, 2.45) is 4.99 Å². The molecule has 2 heterocycles. The zero-order valence-corrected chi connectivity index (χ0v) is 19.5. The van der Waals surface area contributed by atoms with Gasteiger partial charge in [-0.2, -0.15) is 0 Å². The SMILES string of the molecule is CN1CN(c2cccc(Oc3cccc(C4=N[C@H]5c6ccccc6C[C@H]5O4)c3)c2)c2ccccc21. The van der Waals surface area contributed by atoms with Gasteiger partial charge < -0.3 is 19.3 Å². The minimum Gasteiger partial charge on any atom is -0.471 e. The summed E-state index contributed by atoms with van der Waals surface area (Å²) in [5.74, 6) is 2.26. The lowest BCUT2D eigenvalue weighted by molar-refractivity contribution is 0.206. The maximum Gasteiger partial charge on any atom is 0.217 e. The highest BCUT2D eigenvalue weighted by atomic mass is 16.5. The summed E-state index contributed by atoms with van der Waals surface area (Å²) in [5.41, 5.74) is 7.11. The number of rotatable bonds is 4. The first-order valence-corrected chi connectivity index (χ1v) is 12.0. The minimum atomic E-state index is 0.0870. The number of ether oxygens (including phenoxy) is 2. The van der Waals surface area contributed by atoms with Crippen LogP contribution in [0.3, 0.4) is 0 Å². The number of anilines is 3. The topological polar surface area (TPSA) is 37.3 Å². The van der Waals surface area contributed by atoms with E-state index in [4.69, 9.17) is 14.5 Å². The van der Waals surface area contributed by atoms with Gasteiger partial charge in [-0.3, -0.25) is 0 Å². The van der Waals surface area contributed by atoms with Crippen molar-refractivity contribution in [3.8, 4) is 11.5 Å². The van der Waals surface area contributed by atoms with E-state index in [2.05, 4.69) is 77.5 Å². The second-order valence-electron chi connectivity index (χ2n) is 9.32. The van der Waals surface area contributed by atoms with E-state index >= 15 is 0 Å². The molecule has 35 heavy (non-hydrogen) atoms. The Labute approximate surface area is 204 Å². The smallest absolute Gasteiger partial charge is 0.217 e. The zero-order chi connectivity index (χ0) is 23.4. The Morgan fingerprint density at radius 3 is 2.51 bits per heavy atom. The molecule has 172 valence electrons. The first-order chi connectivity index (χ1) is 17.2. The normalized spacial score (nSPS) is 19.6. The molecule has 5 nitrogen and oxygen atoms in total. The first-order valence-electron chi connectivity index (χ1n) is 12.0. The predicted octanol–water partition coefficient (Wildman–Crippen LogP) is 6.47. The van der Waals surface area contributed by atoms with Crippen LogP contribution < -0.4 is 14.5 Å². The number of hydrogen-bond donors (Lipinski definition) is 0. The third-order valence-corrected chi connectivity index (χ3v) is 7.05. The Kier molecular flexibility index (Phi) is 4.56. The van der Waals surface area contributed by atoms with Crippen LogP contribution in [0.4, 0.5) is 17.1 Å². The summed E-state index contributed by atoms with van der Waals surface area (Å²) >= 11 is 0. The lowest BCUT2D eigenvalue weighted by atomic mass is 10.1. The summed E-state index contributed by atoms with van der Waals surface area (Å²) in [7, 11) is 2.12. The minimum absolute atomic E-state index is 0.0870. The molecule has 0 saturated heterocycles. The molecule has 2 aliphatic heterocycles. The Morgan fingerprint density at radius 1 is 0.829 bits per heavy atom. The molecule has 3 aliphatic rings. The van der Waals surface area contributed by atoms with Gasteiger partial charge in [0.15, 0.2) is 0 Å². The van der Waals surface area contributed by atoms with Crippen molar-refractivity contribution >= 4 is 23.0 Å². The first kappa shape index (κ1) is 20.2. The Bertz CT molecular complexity index is 1460. The van der Waals surface area contributed by atoms with Crippen molar-refractivity contribution in [2.45, 2.75) is 18.6 Å². The Morgan fingerprint density at radius 2 is 1.60 bits per heavy atom. The molecule has 0 N–H and O–H groups in total. The van der Waals surface area contributed by atoms with Crippen molar-refractivity contribution in [2.75, 3.05) is 23.5 Å². The van der Waals surface area contributed by atoms with Gasteiger partial charge in [0, 0.05) is 30.8 Å². The van der Waals surface area contributed by atoms with Crippen molar-refractivity contribution in [3.63, 3.8) is 0 Å². The maximum absolute atomic E-state index is 6.29. The largest absolute Gasteiger partial charge is 0.471 e. The molecule has 0 amide bonds. The summed E-state index contributed by atoms with van der Waals surface area (Å²) < 4.78 is 12.6. The van der Waals surface area contributed by atoms with E-state index in [0.717, 1.165) is 35.8 Å². The summed E-state index contributed by atoms with van der Waals surface area (Å²) in [6, 6.07) is 33.3. The molecule has 0 bridgehead atoms. The van der Waals surface area contributed by atoms with Crippen molar-refractivity contribution in [1.29, 1.82) is 0 Å². The number of benzene rings is 4. The van der Waals surface area contributed by atoms with Crippen LogP contribution >= 0.6 is 0 Å². The van der Waals surface area contributed by atoms with Gasteiger partial charge in [0.2, 0.25) is 5.90 Å².